The number of benzene rings is 2. The smallest absolute Gasteiger partial charge is 0.407 e. The van der Waals surface area contributed by atoms with Gasteiger partial charge in [-0.2, -0.15) is 0 Å². The first-order valence-electron chi connectivity index (χ1n) is 20.5. The third-order valence-electron chi connectivity index (χ3n) is 12.2. The van der Waals surface area contributed by atoms with Gasteiger partial charge in [0.05, 0.1) is 47.9 Å². The number of amidine groups is 1. The molecule has 2 saturated heterocycles. The Labute approximate surface area is 335 Å². The number of nitrogens with one attached hydrogen (secondary N) is 3. The highest BCUT2D eigenvalue weighted by molar-refractivity contribution is 5.87. The molecule has 2 fully saturated rings. The molecule has 2 aromatic heterocycles. The second-order valence-electron chi connectivity index (χ2n) is 16.9. The zero-order chi connectivity index (χ0) is 41.2. The number of amides is 3. The normalized spacial score (nSPS) is 21.0. The molecule has 3 amide bonds. The Morgan fingerprint density at radius 1 is 0.877 bits per heavy atom. The van der Waals surface area contributed by atoms with Crippen LogP contribution < -0.4 is 11.1 Å². The lowest BCUT2D eigenvalue weighted by molar-refractivity contribution is -0.138. The highest BCUT2D eigenvalue weighted by atomic mass is 16.5. The van der Waals surface area contributed by atoms with Crippen LogP contribution in [0, 0.1) is 11.8 Å². The number of aromatic amines is 2. The lowest BCUT2D eigenvalue weighted by atomic mass is 9.89. The molecular formula is C43H61N9O5. The van der Waals surface area contributed by atoms with Crippen LogP contribution in [0.15, 0.2) is 41.4 Å². The number of ether oxygens (including phenoxy) is 2. The van der Waals surface area contributed by atoms with Gasteiger partial charge >= 0.3 is 6.09 Å². The van der Waals surface area contributed by atoms with Crippen LogP contribution in [0.25, 0.3) is 22.1 Å². The van der Waals surface area contributed by atoms with E-state index in [1.165, 1.54) is 25.3 Å². The molecule has 14 heteroatoms. The highest BCUT2D eigenvalue weighted by Gasteiger charge is 2.46. The monoisotopic (exact) mass is 783 g/mol. The standard InChI is InChI=1S/C43H61N9O5/c1-24(2)35(50-42(55)57-9)38(53)51-20-10-12-34(51)37-45-30-17-15-28(22-32(30)46-37)26(5)13-14-27(6)29-16-18-31-33(23-29)48-40(47-31)43(7)19-11-21-52(43)39(54)36(25(3)4)49-41(44)56-8/h15-18,22-27,34-36H,10-14,19-21H2,1-9H3,(H2,44,49)(H,45,46)(H,47,48)(H,50,55)/t26-,27-,34+,35+,36?,43+/m1/s1. The van der Waals surface area contributed by atoms with Gasteiger partial charge in [-0.15, -0.1) is 0 Å². The molecule has 308 valence electrons. The van der Waals surface area contributed by atoms with Crippen molar-refractivity contribution in [2.24, 2.45) is 22.6 Å². The van der Waals surface area contributed by atoms with Crippen LogP contribution in [0.2, 0.25) is 0 Å². The minimum absolute atomic E-state index is 0.00579. The van der Waals surface area contributed by atoms with Crippen molar-refractivity contribution in [1.29, 1.82) is 0 Å². The van der Waals surface area contributed by atoms with Crippen LogP contribution in [0.5, 0.6) is 0 Å². The number of H-pyrrole nitrogens is 2. The molecule has 6 atom stereocenters. The second-order valence-corrected chi connectivity index (χ2v) is 16.9. The van der Waals surface area contributed by atoms with E-state index >= 15 is 0 Å². The fourth-order valence-corrected chi connectivity index (χ4v) is 8.53. The molecule has 0 spiro atoms. The number of rotatable bonds is 13. The molecule has 14 nitrogen and oxygen atoms in total. The van der Waals surface area contributed by atoms with E-state index in [4.69, 9.17) is 25.2 Å². The molecule has 6 rings (SSSR count). The Morgan fingerprint density at radius 3 is 2.11 bits per heavy atom. The van der Waals surface area contributed by atoms with Crippen molar-refractivity contribution in [3.63, 3.8) is 0 Å². The third-order valence-corrected chi connectivity index (χ3v) is 12.2. The quantitative estimate of drug-likeness (QED) is 0.0826. The van der Waals surface area contributed by atoms with Gasteiger partial charge in [0.1, 0.15) is 23.7 Å². The lowest BCUT2D eigenvalue weighted by Gasteiger charge is -2.36. The van der Waals surface area contributed by atoms with Crippen molar-refractivity contribution in [3.05, 3.63) is 59.2 Å². The molecule has 0 bridgehead atoms. The Morgan fingerprint density at radius 2 is 1.51 bits per heavy atom. The van der Waals surface area contributed by atoms with Crippen LogP contribution >= 0.6 is 0 Å². The lowest BCUT2D eigenvalue weighted by Crippen LogP contribution is -2.51. The number of methoxy groups -OCH3 is 2. The van der Waals surface area contributed by atoms with E-state index in [0.29, 0.717) is 24.9 Å². The van der Waals surface area contributed by atoms with Gasteiger partial charge in [0.25, 0.3) is 6.02 Å². The number of nitrogens with two attached hydrogens (primary N) is 1. The van der Waals surface area contributed by atoms with Crippen molar-refractivity contribution in [2.75, 3.05) is 27.3 Å². The number of carbonyl (C=O) groups is 3. The minimum Gasteiger partial charge on any atom is -0.469 e. The Hall–Kier alpha value is -5.14. The average molecular weight is 784 g/mol. The van der Waals surface area contributed by atoms with Gasteiger partial charge < -0.3 is 40.3 Å². The highest BCUT2D eigenvalue weighted by Crippen LogP contribution is 2.40. The molecule has 0 radical (unpaired) electrons. The molecule has 57 heavy (non-hydrogen) atoms. The molecule has 5 N–H and O–H groups in total. The summed E-state index contributed by atoms with van der Waals surface area (Å²) in [7, 11) is 2.76. The minimum atomic E-state index is -0.675. The van der Waals surface area contributed by atoms with E-state index < -0.39 is 23.7 Å². The van der Waals surface area contributed by atoms with E-state index in [1.807, 2.05) is 37.5 Å². The van der Waals surface area contributed by atoms with Gasteiger partial charge in [0, 0.05) is 13.1 Å². The van der Waals surface area contributed by atoms with Crippen molar-refractivity contribution in [2.45, 2.75) is 122 Å². The first-order valence-corrected chi connectivity index (χ1v) is 20.5. The Balaban J connectivity index is 1.12. The molecule has 0 saturated carbocycles. The fourth-order valence-electron chi connectivity index (χ4n) is 8.53. The van der Waals surface area contributed by atoms with Gasteiger partial charge in [-0.1, -0.05) is 53.7 Å². The van der Waals surface area contributed by atoms with Crippen molar-refractivity contribution >= 4 is 46.0 Å². The summed E-state index contributed by atoms with van der Waals surface area (Å²) in [4.78, 5) is 64.7. The number of hydrogen-bond donors (Lipinski definition) is 4. The maximum atomic E-state index is 13.9. The summed E-state index contributed by atoms with van der Waals surface area (Å²) in [6.07, 6.45) is 4.73. The van der Waals surface area contributed by atoms with Crippen LogP contribution in [0.3, 0.4) is 0 Å². The fraction of sp³-hybridized carbons (Fsp3) is 0.581. The largest absolute Gasteiger partial charge is 0.469 e. The first kappa shape index (κ1) is 41.5. The van der Waals surface area contributed by atoms with Crippen molar-refractivity contribution in [3.8, 4) is 0 Å². The summed E-state index contributed by atoms with van der Waals surface area (Å²) in [5.74, 6) is 1.86. The van der Waals surface area contributed by atoms with Gasteiger partial charge in [-0.3, -0.25) is 9.59 Å². The molecule has 4 aromatic rings. The summed E-state index contributed by atoms with van der Waals surface area (Å²) in [5, 5.41) is 2.72. The molecule has 4 heterocycles. The van der Waals surface area contributed by atoms with Gasteiger partial charge in [-0.25, -0.2) is 19.8 Å². The van der Waals surface area contributed by atoms with Crippen molar-refractivity contribution < 1.29 is 23.9 Å². The molecule has 1 unspecified atom stereocenters. The summed E-state index contributed by atoms with van der Waals surface area (Å²) in [5.41, 5.74) is 11.4. The van der Waals surface area contributed by atoms with Crippen molar-refractivity contribution in [1.82, 2.24) is 35.1 Å². The average Bonchev–Trinajstić information content (AvgIpc) is 4.01. The van der Waals surface area contributed by atoms with E-state index in [0.717, 1.165) is 72.2 Å². The number of hydrogen-bond acceptors (Lipinski definition) is 8. The zero-order valence-corrected chi connectivity index (χ0v) is 35.0. The first-order chi connectivity index (χ1) is 27.1. The summed E-state index contributed by atoms with van der Waals surface area (Å²) in [6, 6.07) is 11.4. The molecule has 0 aliphatic carbocycles. The van der Waals surface area contributed by atoms with E-state index in [2.05, 4.69) is 77.4 Å². The third kappa shape index (κ3) is 8.59. The number of imidazole rings is 2. The van der Waals surface area contributed by atoms with Crippen LogP contribution in [0.1, 0.15) is 128 Å². The number of nitrogens with zero attached hydrogens (tertiary/aromatic N) is 5. The zero-order valence-electron chi connectivity index (χ0n) is 35.0. The summed E-state index contributed by atoms with van der Waals surface area (Å²) >= 11 is 0. The number of carbonyl (C=O) groups excluding carboxylic acids is 3. The summed E-state index contributed by atoms with van der Waals surface area (Å²) in [6.45, 7) is 15.6. The van der Waals surface area contributed by atoms with E-state index in [1.54, 1.807) is 0 Å². The predicted octanol–water partition coefficient (Wildman–Crippen LogP) is 6.99. The van der Waals surface area contributed by atoms with Gasteiger partial charge in [-0.05, 0) is 105 Å². The van der Waals surface area contributed by atoms with Gasteiger partial charge in [0.15, 0.2) is 0 Å². The SMILES string of the molecule is COC(=O)N[C@H](C(=O)N1CCC[C@H]1c1nc2ccc([C@H](C)CC[C@@H](C)c3ccc4nc([C@]5(C)CCCN5C(=O)C(N=C(N)OC)C(C)C)[nH]c4c3)cc2[nH]1)C(C)C. The number of aromatic nitrogens is 4. The maximum absolute atomic E-state index is 13.9. The van der Waals surface area contributed by atoms with Crippen LogP contribution in [-0.4, -0.2) is 93.1 Å². The Kier molecular flexibility index (Phi) is 12.5. The second kappa shape index (κ2) is 17.2. The van der Waals surface area contributed by atoms with E-state index in [9.17, 15) is 14.4 Å². The molecule has 2 aromatic carbocycles. The number of fused-ring (bicyclic) bond motifs is 2. The predicted molar refractivity (Wildman–Crippen MR) is 222 cm³/mol. The van der Waals surface area contributed by atoms with Crippen LogP contribution in [0.4, 0.5) is 4.79 Å². The number of alkyl carbamates (subject to hydrolysis) is 1. The topological polar surface area (TPSA) is 184 Å². The maximum Gasteiger partial charge on any atom is 0.407 e. The molecular weight excluding hydrogens is 723 g/mol. The van der Waals surface area contributed by atoms with E-state index in [-0.39, 0.29) is 35.7 Å². The van der Waals surface area contributed by atoms with Gasteiger partial charge in [0.2, 0.25) is 11.8 Å². The molecule has 2 aliphatic heterocycles. The Bertz CT molecular complexity index is 2110. The molecule has 2 aliphatic rings. The van der Waals surface area contributed by atoms with Crippen LogP contribution in [-0.2, 0) is 24.6 Å². The summed E-state index contributed by atoms with van der Waals surface area (Å²) < 4.78 is 9.86. The number of likely N-dealkylation sites (tertiary alicyclic amines) is 2. The number of aliphatic imine (C=N–C) groups is 1.